The number of nitrogens with zero attached hydrogens (tertiary/aromatic N) is 2. The van der Waals surface area contributed by atoms with Gasteiger partial charge in [-0.3, -0.25) is 29.4 Å². The molecule has 4 amide bonds. The van der Waals surface area contributed by atoms with Crippen molar-refractivity contribution in [1.29, 1.82) is 0 Å². The topological polar surface area (TPSA) is 113 Å². The number of benzene rings is 1. The molecule has 1 aromatic rings. The summed E-state index contributed by atoms with van der Waals surface area (Å²) in [4.78, 5) is 52.4. The zero-order valence-corrected chi connectivity index (χ0v) is 15.6. The van der Waals surface area contributed by atoms with Crippen molar-refractivity contribution in [2.75, 3.05) is 18.0 Å². The summed E-state index contributed by atoms with van der Waals surface area (Å²) in [6, 6.07) is 4.36. The zero-order chi connectivity index (χ0) is 19.8. The Morgan fingerprint density at radius 1 is 0.964 bits per heavy atom. The van der Waals surface area contributed by atoms with Gasteiger partial charge in [0.2, 0.25) is 11.8 Å². The highest BCUT2D eigenvalue weighted by atomic mass is 16.2. The first-order chi connectivity index (χ1) is 13.5. The second-order valence-electron chi connectivity index (χ2n) is 7.73. The van der Waals surface area contributed by atoms with Crippen LogP contribution in [0.5, 0.6) is 0 Å². The van der Waals surface area contributed by atoms with Crippen molar-refractivity contribution in [3.63, 3.8) is 0 Å². The van der Waals surface area contributed by atoms with E-state index in [-0.39, 0.29) is 24.8 Å². The summed E-state index contributed by atoms with van der Waals surface area (Å²) in [5.41, 5.74) is 7.67. The fourth-order valence-electron chi connectivity index (χ4n) is 4.24. The van der Waals surface area contributed by atoms with E-state index in [0.29, 0.717) is 17.7 Å². The third-order valence-electron chi connectivity index (χ3n) is 5.75. The van der Waals surface area contributed by atoms with Crippen molar-refractivity contribution in [2.24, 2.45) is 5.73 Å². The molecule has 2 unspecified atom stereocenters. The molecule has 0 bridgehead atoms. The largest absolute Gasteiger partial charge is 0.370 e. The van der Waals surface area contributed by atoms with Crippen molar-refractivity contribution < 1.29 is 19.2 Å². The third kappa shape index (κ3) is 3.28. The standard InChI is InChI=1S/C20H24N4O4/c21-12-4-2-1-3-9-23(11-12)13-5-6-14-15(10-13)20(28)24(19(14)27)16-7-8-17(25)22-18(16)26/h5-6,10,12,16H,1-4,7-9,11,21H2,(H,22,25,26). The molecule has 3 aliphatic rings. The molecule has 0 radical (unpaired) electrons. The number of nitrogens with two attached hydrogens (primary N) is 1. The molecule has 0 spiro atoms. The van der Waals surface area contributed by atoms with Crippen LogP contribution >= 0.6 is 0 Å². The summed E-state index contributed by atoms with van der Waals surface area (Å²) in [6.45, 7) is 1.56. The van der Waals surface area contributed by atoms with E-state index >= 15 is 0 Å². The van der Waals surface area contributed by atoms with E-state index in [9.17, 15) is 19.2 Å². The van der Waals surface area contributed by atoms with Crippen LogP contribution in [0.3, 0.4) is 0 Å². The van der Waals surface area contributed by atoms with Crippen LogP contribution in [0.15, 0.2) is 18.2 Å². The van der Waals surface area contributed by atoms with E-state index in [1.807, 2.05) is 6.07 Å². The average molecular weight is 384 g/mol. The number of amides is 4. The Balaban J connectivity index is 1.60. The van der Waals surface area contributed by atoms with Crippen molar-refractivity contribution in [3.05, 3.63) is 29.3 Å². The molecule has 2 atom stereocenters. The number of piperidine rings is 1. The molecule has 28 heavy (non-hydrogen) atoms. The summed E-state index contributed by atoms with van der Waals surface area (Å²) >= 11 is 0. The normalized spacial score (nSPS) is 26.0. The summed E-state index contributed by atoms with van der Waals surface area (Å²) in [7, 11) is 0. The van der Waals surface area contributed by atoms with E-state index in [1.165, 1.54) is 0 Å². The summed E-state index contributed by atoms with van der Waals surface area (Å²) in [5, 5.41) is 2.21. The van der Waals surface area contributed by atoms with Crippen molar-refractivity contribution in [2.45, 2.75) is 50.6 Å². The number of imide groups is 2. The Hall–Kier alpha value is -2.74. The van der Waals surface area contributed by atoms with E-state index in [4.69, 9.17) is 5.73 Å². The van der Waals surface area contributed by atoms with Crippen LogP contribution in [-0.4, -0.2) is 53.7 Å². The average Bonchev–Trinajstić information content (AvgIpc) is 2.89. The maximum absolute atomic E-state index is 13.0. The Kier molecular flexibility index (Phi) is 4.89. The molecule has 148 valence electrons. The SMILES string of the molecule is NC1CCCCCN(c2ccc3c(c2)C(=O)N(C2CCC(=O)NC2=O)C3=O)C1. The lowest BCUT2D eigenvalue weighted by molar-refractivity contribution is -0.136. The Bertz CT molecular complexity index is 853. The van der Waals surface area contributed by atoms with Gasteiger partial charge in [-0.15, -0.1) is 0 Å². The van der Waals surface area contributed by atoms with Crippen molar-refractivity contribution in [3.8, 4) is 0 Å². The van der Waals surface area contributed by atoms with Gasteiger partial charge in [0.15, 0.2) is 0 Å². The lowest BCUT2D eigenvalue weighted by atomic mass is 10.0. The number of carbonyl (C=O) groups excluding carboxylic acids is 4. The Morgan fingerprint density at radius 2 is 1.75 bits per heavy atom. The first-order valence-corrected chi connectivity index (χ1v) is 9.82. The van der Waals surface area contributed by atoms with Crippen LogP contribution in [0, 0.1) is 0 Å². The quantitative estimate of drug-likeness (QED) is 0.729. The second kappa shape index (κ2) is 7.35. The molecule has 1 aromatic carbocycles. The van der Waals surface area contributed by atoms with Gasteiger partial charge in [0.1, 0.15) is 6.04 Å². The number of anilines is 1. The van der Waals surface area contributed by atoms with E-state index < -0.39 is 23.8 Å². The number of rotatable bonds is 2. The van der Waals surface area contributed by atoms with E-state index in [2.05, 4.69) is 10.2 Å². The van der Waals surface area contributed by atoms with Crippen LogP contribution in [0.25, 0.3) is 0 Å². The monoisotopic (exact) mass is 384 g/mol. The number of hydrogen-bond donors (Lipinski definition) is 2. The molecule has 2 saturated heterocycles. The van der Waals surface area contributed by atoms with Crippen molar-refractivity contribution in [1.82, 2.24) is 10.2 Å². The number of hydrogen-bond acceptors (Lipinski definition) is 6. The molecular formula is C20H24N4O4. The highest BCUT2D eigenvalue weighted by Crippen LogP contribution is 2.31. The fraction of sp³-hybridized carbons (Fsp3) is 0.500. The van der Waals surface area contributed by atoms with Gasteiger partial charge in [-0.1, -0.05) is 12.8 Å². The summed E-state index contributed by atoms with van der Waals surface area (Å²) < 4.78 is 0. The predicted octanol–water partition coefficient (Wildman–Crippen LogP) is 0.795. The summed E-state index contributed by atoms with van der Waals surface area (Å²) in [6.07, 6.45) is 4.55. The molecule has 0 saturated carbocycles. The van der Waals surface area contributed by atoms with Gasteiger partial charge in [-0.05, 0) is 37.5 Å². The second-order valence-corrected chi connectivity index (χ2v) is 7.73. The van der Waals surface area contributed by atoms with E-state index in [1.54, 1.807) is 12.1 Å². The molecule has 4 rings (SSSR count). The van der Waals surface area contributed by atoms with Crippen molar-refractivity contribution >= 4 is 29.3 Å². The zero-order valence-electron chi connectivity index (χ0n) is 15.6. The molecule has 3 aliphatic heterocycles. The predicted molar refractivity (Wildman–Crippen MR) is 102 cm³/mol. The first-order valence-electron chi connectivity index (χ1n) is 9.82. The molecule has 3 heterocycles. The van der Waals surface area contributed by atoms with Crippen LogP contribution in [0.4, 0.5) is 5.69 Å². The Morgan fingerprint density at radius 3 is 2.54 bits per heavy atom. The summed E-state index contributed by atoms with van der Waals surface area (Å²) in [5.74, 6) is -1.94. The molecule has 8 heteroatoms. The highest BCUT2D eigenvalue weighted by Gasteiger charge is 2.44. The fourth-order valence-corrected chi connectivity index (χ4v) is 4.24. The maximum atomic E-state index is 13.0. The molecule has 3 N–H and O–H groups in total. The minimum absolute atomic E-state index is 0.0749. The van der Waals surface area contributed by atoms with Gasteiger partial charge in [-0.2, -0.15) is 0 Å². The van der Waals surface area contributed by atoms with Crippen LogP contribution < -0.4 is 16.0 Å². The maximum Gasteiger partial charge on any atom is 0.262 e. The number of carbonyl (C=O) groups is 4. The van der Waals surface area contributed by atoms with E-state index in [0.717, 1.165) is 42.8 Å². The molecule has 8 nitrogen and oxygen atoms in total. The molecule has 0 aromatic heterocycles. The minimum atomic E-state index is -0.941. The molecule has 2 fully saturated rings. The number of nitrogens with one attached hydrogen (secondary N) is 1. The van der Waals surface area contributed by atoms with Gasteiger partial charge in [-0.25, -0.2) is 0 Å². The van der Waals surface area contributed by atoms with Gasteiger partial charge in [0, 0.05) is 31.2 Å². The van der Waals surface area contributed by atoms with Crippen LogP contribution in [-0.2, 0) is 9.59 Å². The molecular weight excluding hydrogens is 360 g/mol. The van der Waals surface area contributed by atoms with Crippen LogP contribution in [0.1, 0.15) is 59.2 Å². The van der Waals surface area contributed by atoms with Gasteiger partial charge in [0.05, 0.1) is 11.1 Å². The first kappa shape index (κ1) is 18.6. The van der Waals surface area contributed by atoms with Gasteiger partial charge in [0.25, 0.3) is 11.8 Å². The lowest BCUT2D eigenvalue weighted by Crippen LogP contribution is -2.54. The Labute approximate surface area is 163 Å². The lowest BCUT2D eigenvalue weighted by Gasteiger charge is -2.30. The number of fused-ring (bicyclic) bond motifs is 1. The third-order valence-corrected chi connectivity index (χ3v) is 5.75. The minimum Gasteiger partial charge on any atom is -0.370 e. The molecule has 0 aliphatic carbocycles. The van der Waals surface area contributed by atoms with Gasteiger partial charge < -0.3 is 10.6 Å². The smallest absolute Gasteiger partial charge is 0.262 e. The van der Waals surface area contributed by atoms with Crippen LogP contribution in [0.2, 0.25) is 0 Å². The highest BCUT2D eigenvalue weighted by molar-refractivity contribution is 6.23. The van der Waals surface area contributed by atoms with Gasteiger partial charge >= 0.3 is 0 Å².